The van der Waals surface area contributed by atoms with E-state index in [2.05, 4.69) is 45.2 Å². The van der Waals surface area contributed by atoms with E-state index in [-0.39, 0.29) is 0 Å². The van der Waals surface area contributed by atoms with Crippen molar-refractivity contribution < 1.29 is 0 Å². The van der Waals surface area contributed by atoms with Gasteiger partial charge in [-0.2, -0.15) is 5.10 Å². The van der Waals surface area contributed by atoms with Crippen LogP contribution in [0.1, 0.15) is 55.8 Å². The van der Waals surface area contributed by atoms with Crippen LogP contribution in [0.2, 0.25) is 0 Å². The Morgan fingerprint density at radius 3 is 2.00 bits per heavy atom. The first-order valence-electron chi connectivity index (χ1n) is 7.19. The van der Waals surface area contributed by atoms with Gasteiger partial charge in [-0.1, -0.05) is 27.7 Å². The zero-order chi connectivity index (χ0) is 13.3. The Hall–Kier alpha value is -1.31. The first-order valence-corrected chi connectivity index (χ1v) is 7.19. The Labute approximate surface area is 110 Å². The molecule has 0 bridgehead atoms. The minimum atomic E-state index is 1.05. The van der Waals surface area contributed by atoms with Crippen LogP contribution in [0.15, 0.2) is 6.07 Å². The molecule has 98 valence electrons. The molecule has 0 fully saturated rings. The third-order valence-electron chi connectivity index (χ3n) is 3.87. The molecule has 0 aliphatic carbocycles. The van der Waals surface area contributed by atoms with Gasteiger partial charge < -0.3 is 0 Å². The summed E-state index contributed by atoms with van der Waals surface area (Å²) in [4.78, 5) is 0. The second-order valence-corrected chi connectivity index (χ2v) is 4.88. The Bertz CT molecular complexity index is 515. The lowest BCUT2D eigenvalue weighted by Crippen LogP contribution is -2.10. The summed E-state index contributed by atoms with van der Waals surface area (Å²) in [6.45, 7) is 11.1. The minimum absolute atomic E-state index is 1.05. The molecule has 0 radical (unpaired) electrons. The molecule has 2 nitrogen and oxygen atoms in total. The molecule has 18 heavy (non-hydrogen) atoms. The first kappa shape index (κ1) is 13.1. The maximum absolute atomic E-state index is 4.69. The van der Waals surface area contributed by atoms with E-state index in [0.29, 0.717) is 0 Å². The molecule has 0 amide bonds. The average Bonchev–Trinajstić information content (AvgIpc) is 2.76. The second kappa shape index (κ2) is 5.13. The standard InChI is InChI=1S/C16H24N2/c1-6-12-13(7-2)15(9-4)18-16(14(12)8-3)10-11(5)17-18/h10H,6-9H2,1-5H3. The number of hydrogen-bond acceptors (Lipinski definition) is 1. The fourth-order valence-corrected chi connectivity index (χ4v) is 3.16. The predicted octanol–water partition coefficient (Wildman–Crippen LogP) is 3.89. The third-order valence-corrected chi connectivity index (χ3v) is 3.87. The number of aryl methyl sites for hydroxylation is 3. The summed E-state index contributed by atoms with van der Waals surface area (Å²) in [6.07, 6.45) is 4.38. The molecule has 0 saturated carbocycles. The van der Waals surface area contributed by atoms with Gasteiger partial charge in [-0.25, -0.2) is 4.52 Å². The van der Waals surface area contributed by atoms with Crippen molar-refractivity contribution in [3.8, 4) is 0 Å². The van der Waals surface area contributed by atoms with E-state index in [1.54, 1.807) is 5.56 Å². The van der Waals surface area contributed by atoms with Crippen molar-refractivity contribution in [1.29, 1.82) is 0 Å². The summed E-state index contributed by atoms with van der Waals surface area (Å²) >= 11 is 0. The molecule has 0 aliphatic rings. The highest BCUT2D eigenvalue weighted by atomic mass is 15.2. The summed E-state index contributed by atoms with van der Waals surface area (Å²) < 4.78 is 2.19. The van der Waals surface area contributed by atoms with E-state index >= 15 is 0 Å². The zero-order valence-electron chi connectivity index (χ0n) is 12.3. The van der Waals surface area contributed by atoms with E-state index in [4.69, 9.17) is 5.10 Å². The van der Waals surface area contributed by atoms with Crippen molar-refractivity contribution in [1.82, 2.24) is 9.61 Å². The van der Waals surface area contributed by atoms with Crippen LogP contribution >= 0.6 is 0 Å². The van der Waals surface area contributed by atoms with Gasteiger partial charge in [-0.15, -0.1) is 0 Å². The summed E-state index contributed by atoms with van der Waals surface area (Å²) in [5.74, 6) is 0. The van der Waals surface area contributed by atoms with Crippen LogP contribution in [-0.4, -0.2) is 9.61 Å². The van der Waals surface area contributed by atoms with Crippen LogP contribution in [-0.2, 0) is 25.7 Å². The normalized spacial score (nSPS) is 11.4. The lowest BCUT2D eigenvalue weighted by Gasteiger charge is -2.18. The van der Waals surface area contributed by atoms with Gasteiger partial charge in [0.1, 0.15) is 0 Å². The van der Waals surface area contributed by atoms with Crippen LogP contribution in [0.5, 0.6) is 0 Å². The highest BCUT2D eigenvalue weighted by Crippen LogP contribution is 2.27. The van der Waals surface area contributed by atoms with Gasteiger partial charge in [0.2, 0.25) is 0 Å². The molecule has 0 unspecified atom stereocenters. The van der Waals surface area contributed by atoms with Crippen LogP contribution in [0, 0.1) is 6.92 Å². The van der Waals surface area contributed by atoms with Crippen LogP contribution < -0.4 is 0 Å². The number of aromatic nitrogens is 2. The van der Waals surface area contributed by atoms with Gasteiger partial charge in [0.05, 0.1) is 11.2 Å². The molecule has 2 aromatic rings. The van der Waals surface area contributed by atoms with Gasteiger partial charge in [0.25, 0.3) is 0 Å². The van der Waals surface area contributed by atoms with Crippen molar-refractivity contribution in [3.05, 3.63) is 34.1 Å². The van der Waals surface area contributed by atoms with Crippen molar-refractivity contribution in [2.24, 2.45) is 0 Å². The molecule has 2 aromatic heterocycles. The topological polar surface area (TPSA) is 17.3 Å². The quantitative estimate of drug-likeness (QED) is 0.797. The van der Waals surface area contributed by atoms with E-state index in [9.17, 15) is 0 Å². The highest BCUT2D eigenvalue weighted by molar-refractivity contribution is 5.62. The molecule has 0 aromatic carbocycles. The van der Waals surface area contributed by atoms with Gasteiger partial charge in [-0.05, 0) is 55.4 Å². The maximum atomic E-state index is 4.69. The summed E-state index contributed by atoms with van der Waals surface area (Å²) in [5.41, 5.74) is 8.41. The predicted molar refractivity (Wildman–Crippen MR) is 77.4 cm³/mol. The van der Waals surface area contributed by atoms with E-state index in [0.717, 1.165) is 31.4 Å². The average molecular weight is 244 g/mol. The minimum Gasteiger partial charge on any atom is -0.237 e. The summed E-state index contributed by atoms with van der Waals surface area (Å²) in [5, 5.41) is 4.69. The Morgan fingerprint density at radius 1 is 0.889 bits per heavy atom. The van der Waals surface area contributed by atoms with Crippen molar-refractivity contribution >= 4 is 5.52 Å². The molecule has 0 N–H and O–H groups in total. The summed E-state index contributed by atoms with van der Waals surface area (Å²) in [6, 6.07) is 2.23. The van der Waals surface area contributed by atoms with Crippen LogP contribution in [0.3, 0.4) is 0 Å². The number of nitrogens with zero attached hydrogens (tertiary/aromatic N) is 2. The second-order valence-electron chi connectivity index (χ2n) is 4.88. The smallest absolute Gasteiger partial charge is 0.0702 e. The number of hydrogen-bond donors (Lipinski definition) is 0. The molecule has 0 saturated heterocycles. The molecule has 0 spiro atoms. The molecule has 2 heterocycles. The zero-order valence-corrected chi connectivity index (χ0v) is 12.3. The van der Waals surface area contributed by atoms with E-state index in [1.807, 2.05) is 0 Å². The Morgan fingerprint density at radius 2 is 1.50 bits per heavy atom. The SMILES string of the molecule is CCc1c(CC)c(CC)n2nc(C)cc2c1CC. The molecular weight excluding hydrogens is 220 g/mol. The van der Waals surface area contributed by atoms with Gasteiger partial charge >= 0.3 is 0 Å². The Balaban J connectivity index is 2.93. The van der Waals surface area contributed by atoms with Crippen molar-refractivity contribution in [2.45, 2.75) is 60.3 Å². The third kappa shape index (κ3) is 1.84. The van der Waals surface area contributed by atoms with Crippen molar-refractivity contribution in [2.75, 3.05) is 0 Å². The largest absolute Gasteiger partial charge is 0.237 e. The van der Waals surface area contributed by atoms with Gasteiger partial charge in [-0.3, -0.25) is 0 Å². The van der Waals surface area contributed by atoms with E-state index < -0.39 is 0 Å². The fourth-order valence-electron chi connectivity index (χ4n) is 3.16. The monoisotopic (exact) mass is 244 g/mol. The van der Waals surface area contributed by atoms with E-state index in [1.165, 1.54) is 22.3 Å². The maximum Gasteiger partial charge on any atom is 0.0702 e. The molecule has 0 aliphatic heterocycles. The molecular formula is C16H24N2. The van der Waals surface area contributed by atoms with Gasteiger partial charge in [0, 0.05) is 5.69 Å². The highest BCUT2D eigenvalue weighted by Gasteiger charge is 2.16. The molecule has 2 rings (SSSR count). The number of pyridine rings is 1. The van der Waals surface area contributed by atoms with Gasteiger partial charge in [0.15, 0.2) is 0 Å². The Kier molecular flexibility index (Phi) is 3.74. The number of rotatable bonds is 4. The lowest BCUT2D eigenvalue weighted by atomic mass is 9.93. The number of fused-ring (bicyclic) bond motifs is 1. The first-order chi connectivity index (χ1) is 8.67. The lowest BCUT2D eigenvalue weighted by molar-refractivity contribution is 0.804. The molecule has 2 heteroatoms. The van der Waals surface area contributed by atoms with Crippen LogP contribution in [0.25, 0.3) is 5.52 Å². The molecule has 0 atom stereocenters. The fraction of sp³-hybridized carbons (Fsp3) is 0.562. The summed E-state index contributed by atoms with van der Waals surface area (Å²) in [7, 11) is 0. The van der Waals surface area contributed by atoms with Crippen LogP contribution in [0.4, 0.5) is 0 Å². The van der Waals surface area contributed by atoms with Crippen molar-refractivity contribution in [3.63, 3.8) is 0 Å².